The highest BCUT2D eigenvalue weighted by Gasteiger charge is 2.35. The predicted molar refractivity (Wildman–Crippen MR) is 66.4 cm³/mol. The lowest BCUT2D eigenvalue weighted by Gasteiger charge is -2.30. The molecule has 0 saturated carbocycles. The summed E-state index contributed by atoms with van der Waals surface area (Å²) in [5, 5.41) is 0. The molecule has 3 heteroatoms. The zero-order valence-electron chi connectivity index (χ0n) is 11.2. The molecule has 1 aliphatic rings. The van der Waals surface area contributed by atoms with Crippen molar-refractivity contribution in [2.24, 2.45) is 17.8 Å². The van der Waals surface area contributed by atoms with Gasteiger partial charge in [0.05, 0.1) is 12.5 Å². The maximum Gasteiger partial charge on any atom is 0.313 e. The highest BCUT2D eigenvalue weighted by molar-refractivity contribution is 5.94. The average Bonchev–Trinajstić information content (AvgIpc) is 2.15. The van der Waals surface area contributed by atoms with E-state index >= 15 is 0 Å². The molecule has 0 amide bonds. The monoisotopic (exact) mass is 238 g/mol. The van der Waals surface area contributed by atoms with Crippen LogP contribution in [0.2, 0.25) is 0 Å². The topological polar surface area (TPSA) is 43.4 Å². The van der Waals surface area contributed by atoms with E-state index in [1.807, 2.05) is 13.8 Å². The molecule has 17 heavy (non-hydrogen) atoms. The first-order valence-electron chi connectivity index (χ1n) is 6.33. The molecule has 3 nitrogen and oxygen atoms in total. The molecular formula is C14H22O3. The molecule has 0 N–H and O–H groups in total. The van der Waals surface area contributed by atoms with Crippen molar-refractivity contribution < 1.29 is 14.3 Å². The van der Waals surface area contributed by atoms with Gasteiger partial charge in [0, 0.05) is 6.42 Å². The number of esters is 1. The predicted octanol–water partition coefficient (Wildman–Crippen LogP) is 2.75. The van der Waals surface area contributed by atoms with Crippen molar-refractivity contribution in [3.05, 3.63) is 11.6 Å². The lowest BCUT2D eigenvalue weighted by atomic mass is 9.75. The molecule has 0 heterocycles. The Bertz CT molecular complexity index is 328. The molecule has 0 aromatic carbocycles. The molecule has 0 aliphatic heterocycles. The van der Waals surface area contributed by atoms with Crippen LogP contribution in [-0.2, 0) is 14.3 Å². The third-order valence-corrected chi connectivity index (χ3v) is 3.13. The van der Waals surface area contributed by atoms with Crippen LogP contribution in [0.3, 0.4) is 0 Å². The maximum absolute atomic E-state index is 11.9. The van der Waals surface area contributed by atoms with Crippen molar-refractivity contribution in [1.29, 1.82) is 0 Å². The summed E-state index contributed by atoms with van der Waals surface area (Å²) < 4.78 is 5.11. The fraction of sp³-hybridized carbons (Fsp3) is 0.714. The number of rotatable bonds is 4. The lowest BCUT2D eigenvalue weighted by Crippen LogP contribution is -2.32. The molecule has 96 valence electrons. The summed E-state index contributed by atoms with van der Waals surface area (Å²) >= 11 is 0. The number of hydrogen-bond donors (Lipinski definition) is 0. The van der Waals surface area contributed by atoms with Crippen LogP contribution in [0.25, 0.3) is 0 Å². The first-order chi connectivity index (χ1) is 7.95. The Hall–Kier alpha value is -1.12. The van der Waals surface area contributed by atoms with Crippen molar-refractivity contribution in [3.63, 3.8) is 0 Å². The Morgan fingerprint density at radius 2 is 2.18 bits per heavy atom. The van der Waals surface area contributed by atoms with E-state index in [1.54, 1.807) is 6.08 Å². The summed E-state index contributed by atoms with van der Waals surface area (Å²) in [5.74, 6) is 0.310. The molecule has 2 atom stereocenters. The van der Waals surface area contributed by atoms with Crippen molar-refractivity contribution in [2.75, 3.05) is 6.61 Å². The summed E-state index contributed by atoms with van der Waals surface area (Å²) in [6, 6.07) is 0. The van der Waals surface area contributed by atoms with E-state index in [4.69, 9.17) is 4.74 Å². The van der Waals surface area contributed by atoms with Gasteiger partial charge in [0.15, 0.2) is 5.78 Å². The second kappa shape index (κ2) is 5.99. The SMILES string of the molecule is CCOC(=O)C1C(C)=CC(=O)CC1CC(C)C. The van der Waals surface area contributed by atoms with E-state index in [0.29, 0.717) is 18.9 Å². The molecule has 0 spiro atoms. The van der Waals surface area contributed by atoms with Crippen LogP contribution in [0.15, 0.2) is 11.6 Å². The van der Waals surface area contributed by atoms with E-state index in [9.17, 15) is 9.59 Å². The third kappa shape index (κ3) is 3.69. The maximum atomic E-state index is 11.9. The van der Waals surface area contributed by atoms with E-state index in [1.165, 1.54) is 0 Å². The van der Waals surface area contributed by atoms with Gasteiger partial charge >= 0.3 is 5.97 Å². The number of ketones is 1. The van der Waals surface area contributed by atoms with Crippen molar-refractivity contribution >= 4 is 11.8 Å². The summed E-state index contributed by atoms with van der Waals surface area (Å²) in [6.45, 7) is 8.28. The molecule has 0 radical (unpaired) electrons. The van der Waals surface area contributed by atoms with Gasteiger partial charge in [0.2, 0.25) is 0 Å². The van der Waals surface area contributed by atoms with Crippen LogP contribution in [0, 0.1) is 17.8 Å². The fourth-order valence-electron chi connectivity index (χ4n) is 2.59. The molecule has 0 bridgehead atoms. The van der Waals surface area contributed by atoms with Crippen molar-refractivity contribution in [2.45, 2.75) is 40.5 Å². The Balaban J connectivity index is 2.88. The molecule has 2 unspecified atom stereocenters. The third-order valence-electron chi connectivity index (χ3n) is 3.13. The Morgan fingerprint density at radius 1 is 1.53 bits per heavy atom. The highest BCUT2D eigenvalue weighted by atomic mass is 16.5. The van der Waals surface area contributed by atoms with Crippen LogP contribution in [0.5, 0.6) is 0 Å². The number of hydrogen-bond acceptors (Lipinski definition) is 3. The largest absolute Gasteiger partial charge is 0.466 e. The van der Waals surface area contributed by atoms with Gasteiger partial charge in [-0.15, -0.1) is 0 Å². The molecule has 1 aliphatic carbocycles. The molecule has 0 saturated heterocycles. The van der Waals surface area contributed by atoms with E-state index in [2.05, 4.69) is 13.8 Å². The zero-order valence-corrected chi connectivity index (χ0v) is 11.2. The van der Waals surface area contributed by atoms with Crippen LogP contribution >= 0.6 is 0 Å². The highest BCUT2D eigenvalue weighted by Crippen LogP contribution is 2.34. The van der Waals surface area contributed by atoms with Gasteiger partial charge in [-0.2, -0.15) is 0 Å². The van der Waals surface area contributed by atoms with E-state index < -0.39 is 0 Å². The van der Waals surface area contributed by atoms with Gasteiger partial charge in [-0.3, -0.25) is 9.59 Å². The Labute approximate surface area is 103 Å². The van der Waals surface area contributed by atoms with E-state index in [0.717, 1.165) is 12.0 Å². The molecule has 1 rings (SSSR count). The number of carbonyl (C=O) groups excluding carboxylic acids is 2. The lowest BCUT2D eigenvalue weighted by molar-refractivity contribution is -0.149. The fourth-order valence-corrected chi connectivity index (χ4v) is 2.59. The van der Waals surface area contributed by atoms with Crippen molar-refractivity contribution in [1.82, 2.24) is 0 Å². The van der Waals surface area contributed by atoms with Crippen LogP contribution in [-0.4, -0.2) is 18.4 Å². The van der Waals surface area contributed by atoms with Gasteiger partial charge < -0.3 is 4.74 Å². The Kier molecular flexibility index (Phi) is 4.91. The standard InChI is InChI=1S/C14H22O3/c1-5-17-14(16)13-10(4)7-12(15)8-11(13)6-9(2)3/h7,9,11,13H,5-6,8H2,1-4H3. The summed E-state index contributed by atoms with van der Waals surface area (Å²) in [4.78, 5) is 23.5. The quantitative estimate of drug-likeness (QED) is 0.707. The van der Waals surface area contributed by atoms with E-state index in [-0.39, 0.29) is 23.6 Å². The number of ether oxygens (including phenoxy) is 1. The molecule has 0 fully saturated rings. The van der Waals surface area contributed by atoms with Gasteiger partial charge in [-0.1, -0.05) is 19.4 Å². The van der Waals surface area contributed by atoms with Gasteiger partial charge in [-0.05, 0) is 38.2 Å². The summed E-state index contributed by atoms with van der Waals surface area (Å²) in [5.41, 5.74) is 0.852. The van der Waals surface area contributed by atoms with Crippen LogP contribution < -0.4 is 0 Å². The minimum Gasteiger partial charge on any atom is -0.466 e. The Morgan fingerprint density at radius 3 is 2.71 bits per heavy atom. The summed E-state index contributed by atoms with van der Waals surface area (Å²) in [7, 11) is 0. The summed E-state index contributed by atoms with van der Waals surface area (Å²) in [6.07, 6.45) is 2.96. The second-order valence-electron chi connectivity index (χ2n) is 5.18. The first-order valence-corrected chi connectivity index (χ1v) is 6.33. The van der Waals surface area contributed by atoms with Crippen LogP contribution in [0.4, 0.5) is 0 Å². The number of carbonyl (C=O) groups is 2. The second-order valence-corrected chi connectivity index (χ2v) is 5.18. The first kappa shape index (κ1) is 13.9. The minimum atomic E-state index is -0.227. The van der Waals surface area contributed by atoms with Gasteiger partial charge in [0.25, 0.3) is 0 Å². The molecule has 0 aromatic heterocycles. The molecule has 0 aromatic rings. The molecular weight excluding hydrogens is 216 g/mol. The van der Waals surface area contributed by atoms with Gasteiger partial charge in [0.1, 0.15) is 0 Å². The van der Waals surface area contributed by atoms with Crippen molar-refractivity contribution in [3.8, 4) is 0 Å². The minimum absolute atomic E-state index is 0.103. The number of allylic oxidation sites excluding steroid dienone is 1. The van der Waals surface area contributed by atoms with Crippen LogP contribution in [0.1, 0.15) is 40.5 Å². The normalized spacial score (nSPS) is 24.8. The smallest absolute Gasteiger partial charge is 0.313 e. The average molecular weight is 238 g/mol. The zero-order chi connectivity index (χ0) is 13.0. The van der Waals surface area contributed by atoms with Gasteiger partial charge in [-0.25, -0.2) is 0 Å².